The predicted octanol–water partition coefficient (Wildman–Crippen LogP) is 2.86. The Labute approximate surface area is 154 Å². The van der Waals surface area contributed by atoms with Crippen molar-refractivity contribution in [1.82, 2.24) is 10.6 Å². The second-order valence-corrected chi connectivity index (χ2v) is 6.53. The number of carbonyl (C=O) groups excluding carboxylic acids is 1. The predicted molar refractivity (Wildman–Crippen MR) is 100 cm³/mol. The summed E-state index contributed by atoms with van der Waals surface area (Å²) in [6.45, 7) is 2.33. The Morgan fingerprint density at radius 2 is 1.92 bits per heavy atom. The van der Waals surface area contributed by atoms with E-state index in [1.165, 1.54) is 5.56 Å². The van der Waals surface area contributed by atoms with Crippen molar-refractivity contribution in [3.05, 3.63) is 65.2 Å². The Hall–Kier alpha value is -2.04. The molecule has 2 heterocycles. The normalized spacial score (nSPS) is 17.3. The van der Waals surface area contributed by atoms with Crippen LogP contribution in [0.2, 0.25) is 0 Å². The summed E-state index contributed by atoms with van der Waals surface area (Å²) in [6.07, 6.45) is 2.08. The largest absolute Gasteiger partial charge is 0.493 e. The lowest BCUT2D eigenvalue weighted by Crippen LogP contribution is -2.51. The van der Waals surface area contributed by atoms with E-state index in [4.69, 9.17) is 4.74 Å². The minimum absolute atomic E-state index is 0. The fraction of sp³-hybridized carbons (Fsp3) is 0.350. The van der Waals surface area contributed by atoms with Crippen LogP contribution in [0.4, 0.5) is 0 Å². The summed E-state index contributed by atoms with van der Waals surface area (Å²) < 4.78 is 5.71. The number of nitrogens with one attached hydrogen (secondary N) is 2. The zero-order valence-electron chi connectivity index (χ0n) is 14.0. The number of ether oxygens (including phenoxy) is 1. The van der Waals surface area contributed by atoms with Crippen LogP contribution in [0.1, 0.15) is 29.2 Å². The SMILES string of the molecule is Cl.O=C(NC(c1ccccc1)c1ccc2c(c1)CCCO2)C1CNC1. The highest BCUT2D eigenvalue weighted by atomic mass is 35.5. The minimum Gasteiger partial charge on any atom is -0.493 e. The van der Waals surface area contributed by atoms with Crippen LogP contribution in [0.3, 0.4) is 0 Å². The van der Waals surface area contributed by atoms with Crippen LogP contribution in [0.25, 0.3) is 0 Å². The highest BCUT2D eigenvalue weighted by Crippen LogP contribution is 2.30. The van der Waals surface area contributed by atoms with Gasteiger partial charge in [0.2, 0.25) is 5.91 Å². The molecular formula is C20H23ClN2O2. The van der Waals surface area contributed by atoms with Crippen molar-refractivity contribution in [3.63, 3.8) is 0 Å². The van der Waals surface area contributed by atoms with E-state index in [1.807, 2.05) is 24.3 Å². The monoisotopic (exact) mass is 358 g/mol. The summed E-state index contributed by atoms with van der Waals surface area (Å²) in [7, 11) is 0. The molecule has 1 saturated heterocycles. The molecule has 0 aliphatic carbocycles. The zero-order chi connectivity index (χ0) is 16.4. The molecule has 5 heteroatoms. The smallest absolute Gasteiger partial charge is 0.226 e. The number of carbonyl (C=O) groups is 1. The summed E-state index contributed by atoms with van der Waals surface area (Å²) in [5.41, 5.74) is 3.46. The van der Waals surface area contributed by atoms with E-state index in [1.54, 1.807) is 0 Å². The first-order chi connectivity index (χ1) is 11.8. The van der Waals surface area contributed by atoms with Gasteiger partial charge in [0, 0.05) is 13.1 Å². The molecule has 2 aromatic rings. The van der Waals surface area contributed by atoms with E-state index in [9.17, 15) is 4.79 Å². The van der Waals surface area contributed by atoms with Gasteiger partial charge in [0.25, 0.3) is 0 Å². The van der Waals surface area contributed by atoms with Gasteiger partial charge in [-0.2, -0.15) is 0 Å². The molecule has 4 rings (SSSR count). The number of hydrogen-bond donors (Lipinski definition) is 2. The lowest BCUT2D eigenvalue weighted by Gasteiger charge is -2.29. The summed E-state index contributed by atoms with van der Waals surface area (Å²) in [6, 6.07) is 16.3. The molecule has 4 nitrogen and oxygen atoms in total. The van der Waals surface area contributed by atoms with Crippen LogP contribution < -0.4 is 15.4 Å². The standard InChI is InChI=1S/C20H22N2O2.ClH/c23-20(17-12-21-13-17)22-19(14-5-2-1-3-6-14)16-8-9-18-15(11-16)7-4-10-24-18;/h1-3,5-6,8-9,11,17,19,21H,4,7,10,12-13H2,(H,22,23);1H. The van der Waals surface area contributed by atoms with E-state index < -0.39 is 0 Å². The number of hydrogen-bond acceptors (Lipinski definition) is 3. The lowest BCUT2D eigenvalue weighted by molar-refractivity contribution is -0.126. The topological polar surface area (TPSA) is 50.4 Å². The van der Waals surface area contributed by atoms with Crippen LogP contribution in [0.15, 0.2) is 48.5 Å². The molecule has 0 spiro atoms. The van der Waals surface area contributed by atoms with E-state index in [0.717, 1.165) is 49.4 Å². The second kappa shape index (κ2) is 7.89. The summed E-state index contributed by atoms with van der Waals surface area (Å²) >= 11 is 0. The third kappa shape index (κ3) is 3.80. The van der Waals surface area contributed by atoms with Crippen molar-refractivity contribution in [2.75, 3.05) is 19.7 Å². The molecule has 1 amide bonds. The lowest BCUT2D eigenvalue weighted by atomic mass is 9.93. The molecule has 0 aromatic heterocycles. The van der Waals surface area contributed by atoms with Gasteiger partial charge in [-0.1, -0.05) is 36.4 Å². The van der Waals surface area contributed by atoms with Crippen molar-refractivity contribution in [2.24, 2.45) is 5.92 Å². The van der Waals surface area contributed by atoms with E-state index >= 15 is 0 Å². The maximum Gasteiger partial charge on any atom is 0.226 e. The fourth-order valence-electron chi connectivity index (χ4n) is 3.30. The zero-order valence-corrected chi connectivity index (χ0v) is 14.9. The molecule has 1 atom stereocenters. The first-order valence-corrected chi connectivity index (χ1v) is 8.63. The molecule has 1 fully saturated rings. The van der Waals surface area contributed by atoms with Gasteiger partial charge in [0.15, 0.2) is 0 Å². The Morgan fingerprint density at radius 3 is 2.64 bits per heavy atom. The van der Waals surface area contributed by atoms with Crippen molar-refractivity contribution in [1.29, 1.82) is 0 Å². The van der Waals surface area contributed by atoms with E-state index in [0.29, 0.717) is 0 Å². The highest BCUT2D eigenvalue weighted by molar-refractivity contribution is 5.85. The van der Waals surface area contributed by atoms with E-state index in [2.05, 4.69) is 34.9 Å². The Morgan fingerprint density at radius 1 is 1.12 bits per heavy atom. The maximum absolute atomic E-state index is 12.5. The van der Waals surface area contributed by atoms with Gasteiger partial charge in [-0.05, 0) is 41.7 Å². The highest BCUT2D eigenvalue weighted by Gasteiger charge is 2.28. The molecule has 0 radical (unpaired) electrons. The quantitative estimate of drug-likeness (QED) is 0.883. The van der Waals surface area contributed by atoms with Gasteiger partial charge in [0.1, 0.15) is 5.75 Å². The van der Waals surface area contributed by atoms with E-state index in [-0.39, 0.29) is 30.3 Å². The van der Waals surface area contributed by atoms with Crippen LogP contribution in [0, 0.1) is 5.92 Å². The van der Waals surface area contributed by atoms with Crippen molar-refractivity contribution < 1.29 is 9.53 Å². The van der Waals surface area contributed by atoms with Gasteiger partial charge in [-0.15, -0.1) is 12.4 Å². The van der Waals surface area contributed by atoms with Gasteiger partial charge < -0.3 is 15.4 Å². The number of fused-ring (bicyclic) bond motifs is 1. The third-order valence-electron chi connectivity index (χ3n) is 4.84. The molecule has 1 unspecified atom stereocenters. The summed E-state index contributed by atoms with van der Waals surface area (Å²) in [5, 5.41) is 6.40. The molecule has 0 saturated carbocycles. The molecule has 2 N–H and O–H groups in total. The Kier molecular flexibility index (Phi) is 5.61. The maximum atomic E-state index is 12.5. The van der Waals surface area contributed by atoms with Crippen LogP contribution in [-0.4, -0.2) is 25.6 Å². The number of benzene rings is 2. The summed E-state index contributed by atoms with van der Waals surface area (Å²) in [4.78, 5) is 12.5. The Bertz CT molecular complexity index is 732. The van der Waals surface area contributed by atoms with Crippen molar-refractivity contribution >= 4 is 18.3 Å². The molecule has 0 bridgehead atoms. The fourth-order valence-corrected chi connectivity index (χ4v) is 3.30. The number of amides is 1. The van der Waals surface area contributed by atoms with Gasteiger partial charge in [-0.25, -0.2) is 0 Å². The molecule has 25 heavy (non-hydrogen) atoms. The molecule has 132 valence electrons. The Balaban J connectivity index is 0.00000182. The number of rotatable bonds is 4. The summed E-state index contributed by atoms with van der Waals surface area (Å²) in [5.74, 6) is 1.18. The minimum atomic E-state index is -0.119. The molecule has 2 aliphatic rings. The van der Waals surface area contributed by atoms with Gasteiger partial charge in [-0.3, -0.25) is 4.79 Å². The van der Waals surface area contributed by atoms with Crippen LogP contribution in [-0.2, 0) is 11.2 Å². The third-order valence-corrected chi connectivity index (χ3v) is 4.84. The van der Waals surface area contributed by atoms with Crippen molar-refractivity contribution in [2.45, 2.75) is 18.9 Å². The van der Waals surface area contributed by atoms with Crippen LogP contribution in [0.5, 0.6) is 5.75 Å². The number of halogens is 1. The van der Waals surface area contributed by atoms with Gasteiger partial charge in [0.05, 0.1) is 18.6 Å². The second-order valence-electron chi connectivity index (χ2n) is 6.53. The first kappa shape index (κ1) is 17.8. The van der Waals surface area contributed by atoms with Crippen LogP contribution >= 0.6 is 12.4 Å². The molecular weight excluding hydrogens is 336 g/mol. The number of aryl methyl sites for hydroxylation is 1. The first-order valence-electron chi connectivity index (χ1n) is 8.63. The van der Waals surface area contributed by atoms with Gasteiger partial charge >= 0.3 is 0 Å². The van der Waals surface area contributed by atoms with Crippen molar-refractivity contribution in [3.8, 4) is 5.75 Å². The molecule has 2 aromatic carbocycles. The molecule has 2 aliphatic heterocycles. The average Bonchev–Trinajstić information content (AvgIpc) is 2.58. The average molecular weight is 359 g/mol.